The van der Waals surface area contributed by atoms with Crippen LogP contribution in [0.1, 0.15) is 39.5 Å². The van der Waals surface area contributed by atoms with E-state index < -0.39 is 17.5 Å². The van der Waals surface area contributed by atoms with Crippen LogP contribution in [0.3, 0.4) is 0 Å². The zero-order chi connectivity index (χ0) is 13.6. The summed E-state index contributed by atoms with van der Waals surface area (Å²) in [5.74, 6) is 0.141. The molecule has 3 N–H and O–H groups in total. The molecule has 1 saturated heterocycles. The van der Waals surface area contributed by atoms with Crippen molar-refractivity contribution in [3.63, 3.8) is 0 Å². The molecule has 0 radical (unpaired) electrons. The van der Waals surface area contributed by atoms with Gasteiger partial charge in [-0.05, 0) is 31.9 Å². The van der Waals surface area contributed by atoms with Gasteiger partial charge in [0.2, 0.25) is 0 Å². The van der Waals surface area contributed by atoms with E-state index in [-0.39, 0.29) is 0 Å². The summed E-state index contributed by atoms with van der Waals surface area (Å²) in [6.45, 7) is 3.87. The summed E-state index contributed by atoms with van der Waals surface area (Å²) in [4.78, 5) is 22.7. The Morgan fingerprint density at radius 2 is 2.17 bits per heavy atom. The highest BCUT2D eigenvalue weighted by atomic mass is 32.2. The van der Waals surface area contributed by atoms with E-state index in [1.807, 2.05) is 11.8 Å². The Labute approximate surface area is 112 Å². The summed E-state index contributed by atoms with van der Waals surface area (Å²) in [6, 6.07) is -0.395. The molecule has 1 aliphatic heterocycles. The molecule has 5 nitrogen and oxygen atoms in total. The number of urea groups is 1. The number of carbonyl (C=O) groups excluding carboxylic acids is 1. The van der Waals surface area contributed by atoms with Gasteiger partial charge in [0, 0.05) is 11.8 Å². The maximum atomic E-state index is 11.7. The second kappa shape index (κ2) is 6.87. The Kier molecular flexibility index (Phi) is 5.78. The molecule has 104 valence electrons. The molecule has 1 rings (SSSR count). The van der Waals surface area contributed by atoms with Crippen LogP contribution in [0.4, 0.5) is 4.79 Å². The Hall–Kier alpha value is -0.910. The number of carboxylic acid groups (broad SMARTS) is 1. The van der Waals surface area contributed by atoms with Gasteiger partial charge in [-0.25, -0.2) is 9.59 Å². The molecule has 0 spiro atoms. The largest absolute Gasteiger partial charge is 0.480 e. The first kappa shape index (κ1) is 15.1. The van der Waals surface area contributed by atoms with E-state index in [1.54, 1.807) is 6.92 Å². The molecular weight excluding hydrogens is 252 g/mol. The predicted octanol–water partition coefficient (Wildman–Crippen LogP) is 1.82. The molecule has 0 aliphatic carbocycles. The topological polar surface area (TPSA) is 78.4 Å². The van der Waals surface area contributed by atoms with Crippen molar-refractivity contribution in [2.75, 3.05) is 12.3 Å². The second-order valence-corrected chi connectivity index (χ2v) is 6.22. The molecule has 1 aliphatic rings. The van der Waals surface area contributed by atoms with Gasteiger partial charge in [0.05, 0.1) is 0 Å². The van der Waals surface area contributed by atoms with Gasteiger partial charge in [-0.15, -0.1) is 0 Å². The standard InChI is InChI=1S/C12H22N2O3S/c1-3-12(2,10(15)16)14-11(17)13-8-9-6-4-5-7-18-9/h9H,3-8H2,1-2H3,(H,15,16)(H2,13,14,17). The van der Waals surface area contributed by atoms with Crippen LogP contribution in [0.25, 0.3) is 0 Å². The molecule has 2 atom stereocenters. The van der Waals surface area contributed by atoms with Crippen molar-refractivity contribution in [2.45, 2.75) is 50.3 Å². The molecular formula is C12H22N2O3S. The minimum Gasteiger partial charge on any atom is -0.480 e. The van der Waals surface area contributed by atoms with E-state index in [0.29, 0.717) is 18.2 Å². The molecule has 0 aromatic heterocycles. The maximum Gasteiger partial charge on any atom is 0.329 e. The van der Waals surface area contributed by atoms with E-state index >= 15 is 0 Å². The number of carbonyl (C=O) groups is 2. The molecule has 2 unspecified atom stereocenters. The number of amides is 2. The first-order chi connectivity index (χ1) is 8.48. The van der Waals surface area contributed by atoms with Crippen molar-refractivity contribution >= 4 is 23.8 Å². The lowest BCUT2D eigenvalue weighted by atomic mass is 10.00. The van der Waals surface area contributed by atoms with Crippen molar-refractivity contribution in [1.29, 1.82) is 0 Å². The van der Waals surface area contributed by atoms with Crippen molar-refractivity contribution in [2.24, 2.45) is 0 Å². The number of hydrogen-bond acceptors (Lipinski definition) is 3. The summed E-state index contributed by atoms with van der Waals surface area (Å²) < 4.78 is 0. The normalized spacial score (nSPS) is 22.9. The third-order valence-electron chi connectivity index (χ3n) is 3.33. The Balaban J connectivity index is 2.34. The first-order valence-electron chi connectivity index (χ1n) is 6.39. The quantitative estimate of drug-likeness (QED) is 0.714. The number of carboxylic acids is 1. The lowest BCUT2D eigenvalue weighted by Gasteiger charge is -2.26. The van der Waals surface area contributed by atoms with Crippen molar-refractivity contribution in [3.8, 4) is 0 Å². The van der Waals surface area contributed by atoms with Gasteiger partial charge in [0.15, 0.2) is 0 Å². The third kappa shape index (κ3) is 4.40. The van der Waals surface area contributed by atoms with Crippen LogP contribution in [0, 0.1) is 0 Å². The molecule has 2 amide bonds. The molecule has 18 heavy (non-hydrogen) atoms. The average molecular weight is 274 g/mol. The minimum absolute atomic E-state index is 0.355. The Bertz CT molecular complexity index is 306. The maximum absolute atomic E-state index is 11.7. The van der Waals surface area contributed by atoms with Gasteiger partial charge < -0.3 is 15.7 Å². The molecule has 1 fully saturated rings. The Morgan fingerprint density at radius 3 is 2.67 bits per heavy atom. The zero-order valence-corrected chi connectivity index (χ0v) is 11.8. The summed E-state index contributed by atoms with van der Waals surface area (Å²) in [5.41, 5.74) is -1.19. The monoisotopic (exact) mass is 274 g/mol. The van der Waals surface area contributed by atoms with Gasteiger partial charge in [-0.1, -0.05) is 13.3 Å². The fraction of sp³-hybridized carbons (Fsp3) is 0.833. The lowest BCUT2D eigenvalue weighted by Crippen LogP contribution is -2.55. The highest BCUT2D eigenvalue weighted by Gasteiger charge is 2.32. The summed E-state index contributed by atoms with van der Waals surface area (Å²) in [6.07, 6.45) is 3.94. The molecule has 0 aromatic rings. The van der Waals surface area contributed by atoms with E-state index in [0.717, 1.165) is 12.2 Å². The van der Waals surface area contributed by atoms with E-state index in [4.69, 9.17) is 5.11 Å². The number of rotatable bonds is 5. The van der Waals surface area contributed by atoms with Crippen LogP contribution in [0.15, 0.2) is 0 Å². The summed E-state index contributed by atoms with van der Waals surface area (Å²) in [7, 11) is 0. The second-order valence-electron chi connectivity index (χ2n) is 4.81. The molecule has 0 aromatic carbocycles. The fourth-order valence-corrected chi connectivity index (χ4v) is 3.00. The number of nitrogens with one attached hydrogen (secondary N) is 2. The lowest BCUT2D eigenvalue weighted by molar-refractivity contribution is -0.143. The SMILES string of the molecule is CCC(C)(NC(=O)NCC1CCCCS1)C(=O)O. The molecule has 6 heteroatoms. The molecule has 0 saturated carbocycles. The van der Waals surface area contributed by atoms with Crippen LogP contribution in [0.5, 0.6) is 0 Å². The van der Waals surface area contributed by atoms with Crippen molar-refractivity contribution < 1.29 is 14.7 Å². The highest BCUT2D eigenvalue weighted by Crippen LogP contribution is 2.24. The van der Waals surface area contributed by atoms with Crippen LogP contribution in [-0.2, 0) is 4.79 Å². The van der Waals surface area contributed by atoms with Gasteiger partial charge in [0.1, 0.15) is 5.54 Å². The zero-order valence-electron chi connectivity index (χ0n) is 11.0. The average Bonchev–Trinajstić information content (AvgIpc) is 2.37. The number of thioether (sulfide) groups is 1. The number of hydrogen-bond donors (Lipinski definition) is 3. The van der Waals surface area contributed by atoms with Gasteiger partial charge in [0.25, 0.3) is 0 Å². The molecule has 1 heterocycles. The van der Waals surface area contributed by atoms with E-state index in [2.05, 4.69) is 10.6 Å². The third-order valence-corrected chi connectivity index (χ3v) is 4.73. The first-order valence-corrected chi connectivity index (χ1v) is 7.44. The van der Waals surface area contributed by atoms with Crippen LogP contribution >= 0.6 is 11.8 Å². The highest BCUT2D eigenvalue weighted by molar-refractivity contribution is 7.99. The molecule has 0 bridgehead atoms. The smallest absolute Gasteiger partial charge is 0.329 e. The van der Waals surface area contributed by atoms with Gasteiger partial charge >= 0.3 is 12.0 Å². The van der Waals surface area contributed by atoms with E-state index in [1.165, 1.54) is 19.8 Å². The van der Waals surface area contributed by atoms with Gasteiger partial charge in [-0.3, -0.25) is 0 Å². The number of aliphatic carboxylic acids is 1. The Morgan fingerprint density at radius 1 is 1.44 bits per heavy atom. The van der Waals surface area contributed by atoms with Crippen LogP contribution in [0.2, 0.25) is 0 Å². The minimum atomic E-state index is -1.19. The predicted molar refractivity (Wildman–Crippen MR) is 73.0 cm³/mol. The summed E-state index contributed by atoms with van der Waals surface area (Å²) in [5, 5.41) is 14.8. The van der Waals surface area contributed by atoms with Gasteiger partial charge in [-0.2, -0.15) is 11.8 Å². The van der Waals surface area contributed by atoms with E-state index in [9.17, 15) is 9.59 Å². The van der Waals surface area contributed by atoms with Crippen molar-refractivity contribution in [1.82, 2.24) is 10.6 Å². The van der Waals surface area contributed by atoms with Crippen molar-refractivity contribution in [3.05, 3.63) is 0 Å². The van der Waals surface area contributed by atoms with Crippen LogP contribution < -0.4 is 10.6 Å². The fourth-order valence-electron chi connectivity index (χ4n) is 1.76. The summed E-state index contributed by atoms with van der Waals surface area (Å²) >= 11 is 1.88. The van der Waals surface area contributed by atoms with Crippen LogP contribution in [-0.4, -0.2) is 40.2 Å².